The maximum atomic E-state index is 11.5. The molecule has 4 aromatic rings. The first-order valence-electron chi connectivity index (χ1n) is 8.63. The lowest BCUT2D eigenvalue weighted by Gasteiger charge is -2.09. The van der Waals surface area contributed by atoms with Crippen LogP contribution in [0, 0.1) is 0 Å². The minimum atomic E-state index is -0.376. The summed E-state index contributed by atoms with van der Waals surface area (Å²) < 4.78 is 6.54. The highest BCUT2D eigenvalue weighted by Gasteiger charge is 2.10. The first kappa shape index (κ1) is 17.4. The molecule has 0 radical (unpaired) electrons. The molecule has 0 atom stereocenters. The van der Waals surface area contributed by atoms with Crippen molar-refractivity contribution >= 4 is 17.6 Å². The highest BCUT2D eigenvalue weighted by molar-refractivity contribution is 5.89. The van der Waals surface area contributed by atoms with Gasteiger partial charge in [0.1, 0.15) is 0 Å². The minimum absolute atomic E-state index is 0.376. The Bertz CT molecular complexity index is 1090. The van der Waals surface area contributed by atoms with Crippen molar-refractivity contribution in [3.63, 3.8) is 0 Å². The standard InChI is InChI=1S/C21H17N5O2/c1-28-20(27)15-7-9-16(10-8-15)24-21-22-13-11-18(25-21)19-12-14-23-26(19)17-5-3-2-4-6-17/h2-14H,1H3,(H,22,24,25). The fraction of sp³-hybridized carbons (Fsp3) is 0.0476. The third-order valence-corrected chi connectivity index (χ3v) is 4.12. The van der Waals surface area contributed by atoms with Crippen molar-refractivity contribution < 1.29 is 9.53 Å². The molecule has 28 heavy (non-hydrogen) atoms. The first-order valence-corrected chi connectivity index (χ1v) is 8.63. The Morgan fingerprint density at radius 3 is 2.50 bits per heavy atom. The smallest absolute Gasteiger partial charge is 0.337 e. The van der Waals surface area contributed by atoms with Crippen molar-refractivity contribution in [2.75, 3.05) is 12.4 Å². The van der Waals surface area contributed by atoms with Crippen LogP contribution < -0.4 is 5.32 Å². The molecule has 138 valence electrons. The van der Waals surface area contributed by atoms with Gasteiger partial charge in [-0.2, -0.15) is 5.10 Å². The second-order valence-corrected chi connectivity index (χ2v) is 5.92. The third-order valence-electron chi connectivity index (χ3n) is 4.12. The van der Waals surface area contributed by atoms with Gasteiger partial charge in [-0.15, -0.1) is 0 Å². The van der Waals surface area contributed by atoms with Crippen LogP contribution in [0.4, 0.5) is 11.6 Å². The van der Waals surface area contributed by atoms with Crippen molar-refractivity contribution in [3.05, 3.63) is 84.7 Å². The molecule has 4 rings (SSSR count). The number of ether oxygens (including phenoxy) is 1. The largest absolute Gasteiger partial charge is 0.465 e. The molecule has 7 nitrogen and oxygen atoms in total. The monoisotopic (exact) mass is 371 g/mol. The summed E-state index contributed by atoms with van der Waals surface area (Å²) in [7, 11) is 1.36. The fourth-order valence-corrected chi connectivity index (χ4v) is 2.77. The molecule has 0 saturated carbocycles. The van der Waals surface area contributed by atoms with E-state index in [1.54, 1.807) is 36.7 Å². The van der Waals surface area contributed by atoms with Gasteiger partial charge in [0.2, 0.25) is 5.95 Å². The molecule has 0 aliphatic heterocycles. The van der Waals surface area contributed by atoms with Gasteiger partial charge in [-0.05, 0) is 48.5 Å². The Kier molecular flexibility index (Phi) is 4.79. The van der Waals surface area contributed by atoms with Crippen molar-refractivity contribution in [2.45, 2.75) is 0 Å². The number of esters is 1. The summed E-state index contributed by atoms with van der Waals surface area (Å²) >= 11 is 0. The van der Waals surface area contributed by atoms with Gasteiger partial charge < -0.3 is 10.1 Å². The molecule has 0 amide bonds. The minimum Gasteiger partial charge on any atom is -0.465 e. The summed E-state index contributed by atoms with van der Waals surface area (Å²) in [4.78, 5) is 20.4. The maximum absolute atomic E-state index is 11.5. The summed E-state index contributed by atoms with van der Waals surface area (Å²) in [5.74, 6) is 0.0723. The van der Waals surface area contributed by atoms with E-state index in [2.05, 4.69) is 20.4 Å². The van der Waals surface area contributed by atoms with E-state index in [-0.39, 0.29) is 5.97 Å². The van der Waals surface area contributed by atoms with Gasteiger partial charge in [0.25, 0.3) is 0 Å². The Morgan fingerprint density at radius 1 is 0.964 bits per heavy atom. The number of rotatable bonds is 5. The van der Waals surface area contributed by atoms with Gasteiger partial charge in [-0.1, -0.05) is 18.2 Å². The predicted molar refractivity (Wildman–Crippen MR) is 106 cm³/mol. The number of para-hydroxylation sites is 1. The van der Waals surface area contributed by atoms with Crippen LogP contribution in [0.25, 0.3) is 17.1 Å². The van der Waals surface area contributed by atoms with E-state index < -0.39 is 0 Å². The number of carbonyl (C=O) groups is 1. The number of nitrogens with zero attached hydrogens (tertiary/aromatic N) is 4. The second kappa shape index (κ2) is 7.71. The van der Waals surface area contributed by atoms with E-state index in [0.717, 1.165) is 22.8 Å². The van der Waals surface area contributed by atoms with E-state index in [1.165, 1.54) is 7.11 Å². The second-order valence-electron chi connectivity index (χ2n) is 5.92. The predicted octanol–water partition coefficient (Wildman–Crippen LogP) is 3.86. The third kappa shape index (κ3) is 3.59. The van der Waals surface area contributed by atoms with Gasteiger partial charge in [0.15, 0.2) is 0 Å². The topological polar surface area (TPSA) is 81.9 Å². The average molecular weight is 371 g/mol. The summed E-state index contributed by atoms with van der Waals surface area (Å²) in [5.41, 5.74) is 3.80. The zero-order valence-electron chi connectivity index (χ0n) is 15.1. The van der Waals surface area contributed by atoms with Gasteiger partial charge in [0, 0.05) is 11.9 Å². The zero-order chi connectivity index (χ0) is 19.3. The Balaban J connectivity index is 1.59. The lowest BCUT2D eigenvalue weighted by molar-refractivity contribution is 0.0601. The number of nitrogens with one attached hydrogen (secondary N) is 1. The number of anilines is 2. The number of methoxy groups -OCH3 is 1. The van der Waals surface area contributed by atoms with Crippen LogP contribution in [-0.4, -0.2) is 32.8 Å². The first-order chi connectivity index (χ1) is 13.7. The molecule has 2 heterocycles. The van der Waals surface area contributed by atoms with Crippen molar-refractivity contribution in [2.24, 2.45) is 0 Å². The molecular weight excluding hydrogens is 354 g/mol. The zero-order valence-corrected chi connectivity index (χ0v) is 15.1. The maximum Gasteiger partial charge on any atom is 0.337 e. The van der Waals surface area contributed by atoms with Crippen LogP contribution in [-0.2, 0) is 4.74 Å². The number of hydrogen-bond donors (Lipinski definition) is 1. The van der Waals surface area contributed by atoms with Gasteiger partial charge in [-0.25, -0.2) is 19.4 Å². The highest BCUT2D eigenvalue weighted by atomic mass is 16.5. The number of hydrogen-bond acceptors (Lipinski definition) is 6. The lowest BCUT2D eigenvalue weighted by Crippen LogP contribution is -2.03. The number of carbonyl (C=O) groups excluding carboxylic acids is 1. The van der Waals surface area contributed by atoms with E-state index in [9.17, 15) is 4.79 Å². The van der Waals surface area contributed by atoms with Crippen LogP contribution in [0.1, 0.15) is 10.4 Å². The highest BCUT2D eigenvalue weighted by Crippen LogP contribution is 2.22. The Morgan fingerprint density at radius 2 is 1.75 bits per heavy atom. The molecule has 0 spiro atoms. The fourth-order valence-electron chi connectivity index (χ4n) is 2.77. The van der Waals surface area contributed by atoms with Crippen molar-refractivity contribution in [1.82, 2.24) is 19.7 Å². The van der Waals surface area contributed by atoms with Crippen molar-refractivity contribution in [3.8, 4) is 17.1 Å². The molecule has 0 bridgehead atoms. The van der Waals surface area contributed by atoms with Gasteiger partial charge in [-0.3, -0.25) is 0 Å². The molecule has 2 aromatic carbocycles. The van der Waals surface area contributed by atoms with Crippen molar-refractivity contribution in [1.29, 1.82) is 0 Å². The Hall–Kier alpha value is -4.00. The summed E-state index contributed by atoms with van der Waals surface area (Å²) in [6, 6.07) is 20.5. The quantitative estimate of drug-likeness (QED) is 0.537. The van der Waals surface area contributed by atoms with Crippen LogP contribution in [0.2, 0.25) is 0 Å². The van der Waals surface area contributed by atoms with Crippen LogP contribution >= 0.6 is 0 Å². The van der Waals surface area contributed by atoms with E-state index in [0.29, 0.717) is 11.5 Å². The molecule has 0 fully saturated rings. The average Bonchev–Trinajstić information content (AvgIpc) is 3.25. The van der Waals surface area contributed by atoms with Crippen LogP contribution in [0.3, 0.4) is 0 Å². The van der Waals surface area contributed by atoms with E-state index >= 15 is 0 Å². The molecule has 0 aliphatic rings. The number of aromatic nitrogens is 4. The normalized spacial score (nSPS) is 10.5. The van der Waals surface area contributed by atoms with Gasteiger partial charge in [0.05, 0.1) is 35.9 Å². The molecule has 0 unspecified atom stereocenters. The molecule has 2 aromatic heterocycles. The lowest BCUT2D eigenvalue weighted by atomic mass is 10.2. The summed E-state index contributed by atoms with van der Waals surface area (Å²) in [6.45, 7) is 0. The SMILES string of the molecule is COC(=O)c1ccc(Nc2nccc(-c3ccnn3-c3ccccc3)n2)cc1. The van der Waals surface area contributed by atoms with Crippen LogP contribution in [0.15, 0.2) is 79.1 Å². The summed E-state index contributed by atoms with van der Waals surface area (Å²) in [6.07, 6.45) is 3.43. The molecule has 7 heteroatoms. The van der Waals surface area contributed by atoms with E-state index in [1.807, 2.05) is 47.1 Å². The number of benzene rings is 2. The van der Waals surface area contributed by atoms with Crippen LogP contribution in [0.5, 0.6) is 0 Å². The molecule has 0 saturated heterocycles. The molecular formula is C21H17N5O2. The molecule has 1 N–H and O–H groups in total. The molecule has 0 aliphatic carbocycles. The van der Waals surface area contributed by atoms with Gasteiger partial charge >= 0.3 is 5.97 Å². The summed E-state index contributed by atoms with van der Waals surface area (Å²) in [5, 5.41) is 7.55. The van der Waals surface area contributed by atoms with E-state index in [4.69, 9.17) is 4.74 Å². The Labute approximate surface area is 161 Å².